The quantitative estimate of drug-likeness (QED) is 0.724. The van der Waals surface area contributed by atoms with Gasteiger partial charge in [-0.15, -0.1) is 0 Å². The van der Waals surface area contributed by atoms with Crippen LogP contribution in [0.15, 0.2) is 59.6 Å². The molecule has 0 spiro atoms. The van der Waals surface area contributed by atoms with E-state index in [0.29, 0.717) is 10.9 Å². The van der Waals surface area contributed by atoms with Crippen LogP contribution in [0, 0.1) is 12.7 Å². The van der Waals surface area contributed by atoms with E-state index in [1.54, 1.807) is 12.1 Å². The first-order chi connectivity index (χ1) is 11.8. The molecule has 3 rings (SSSR count). The lowest BCUT2D eigenvalue weighted by atomic mass is 10.1. The van der Waals surface area contributed by atoms with Crippen molar-refractivity contribution in [3.05, 3.63) is 71.7 Å². The molecule has 0 unspecified atom stereocenters. The van der Waals surface area contributed by atoms with E-state index in [2.05, 4.69) is 0 Å². The van der Waals surface area contributed by atoms with Gasteiger partial charge in [-0.05, 0) is 43.3 Å². The zero-order valence-corrected chi connectivity index (χ0v) is 14.0. The minimum atomic E-state index is -3.90. The topological polar surface area (TPSA) is 76.4 Å². The molecule has 0 bridgehead atoms. The molecular formula is C18H14FNO4S. The largest absolute Gasteiger partial charge is 0.478 e. The fourth-order valence-corrected chi connectivity index (χ4v) is 3.89. The summed E-state index contributed by atoms with van der Waals surface area (Å²) in [5, 5.41) is 9.10. The summed E-state index contributed by atoms with van der Waals surface area (Å²) in [6.45, 7) is 1.85. The molecule has 2 aromatic carbocycles. The average molecular weight is 359 g/mol. The van der Waals surface area contributed by atoms with E-state index in [4.69, 9.17) is 5.11 Å². The van der Waals surface area contributed by atoms with E-state index in [1.165, 1.54) is 36.5 Å². The number of carbonyl (C=O) groups is 1. The summed E-state index contributed by atoms with van der Waals surface area (Å²) >= 11 is 0. The van der Waals surface area contributed by atoms with E-state index >= 15 is 0 Å². The van der Waals surface area contributed by atoms with Crippen LogP contribution in [0.1, 0.15) is 11.1 Å². The zero-order valence-electron chi connectivity index (χ0n) is 13.2. The SMILES string of the molecule is Cc1ccc(S(=O)(=O)n2cc(/C=C/C(=O)O)c3cc(F)ccc32)cc1. The predicted molar refractivity (Wildman–Crippen MR) is 92.3 cm³/mol. The van der Waals surface area contributed by atoms with Crippen LogP contribution in [0.3, 0.4) is 0 Å². The monoisotopic (exact) mass is 359 g/mol. The summed E-state index contributed by atoms with van der Waals surface area (Å²) in [5.74, 6) is -1.72. The first kappa shape index (κ1) is 16.9. The summed E-state index contributed by atoms with van der Waals surface area (Å²) in [5.41, 5.74) is 1.49. The Hall–Kier alpha value is -2.93. The molecule has 3 aromatic rings. The Morgan fingerprint density at radius 2 is 1.84 bits per heavy atom. The number of hydrogen-bond donors (Lipinski definition) is 1. The second-order valence-corrected chi connectivity index (χ2v) is 7.35. The summed E-state index contributed by atoms with van der Waals surface area (Å²) in [6, 6.07) is 10.0. The molecule has 0 aliphatic rings. The Kier molecular flexibility index (Phi) is 4.18. The maximum atomic E-state index is 13.6. The molecule has 0 amide bonds. The maximum Gasteiger partial charge on any atom is 0.328 e. The first-order valence-corrected chi connectivity index (χ1v) is 8.77. The van der Waals surface area contributed by atoms with Crippen LogP contribution in [-0.2, 0) is 14.8 Å². The highest BCUT2D eigenvalue weighted by atomic mass is 32.2. The second-order valence-electron chi connectivity index (χ2n) is 5.53. The molecule has 0 radical (unpaired) electrons. The number of aryl methyl sites for hydroxylation is 1. The fourth-order valence-electron chi connectivity index (χ4n) is 2.51. The Morgan fingerprint density at radius 1 is 1.16 bits per heavy atom. The second kappa shape index (κ2) is 6.18. The predicted octanol–water partition coefficient (Wildman–Crippen LogP) is 3.42. The van der Waals surface area contributed by atoms with Gasteiger partial charge >= 0.3 is 5.97 Å². The number of carboxylic acids is 1. The molecule has 0 saturated carbocycles. The number of nitrogens with zero attached hydrogens (tertiary/aromatic N) is 1. The van der Waals surface area contributed by atoms with Crippen molar-refractivity contribution in [3.63, 3.8) is 0 Å². The molecule has 1 aromatic heterocycles. The van der Waals surface area contributed by atoms with E-state index in [1.807, 2.05) is 6.92 Å². The van der Waals surface area contributed by atoms with Crippen molar-refractivity contribution in [2.24, 2.45) is 0 Å². The summed E-state index contributed by atoms with van der Waals surface area (Å²) < 4.78 is 40.5. The van der Waals surface area contributed by atoms with Crippen molar-refractivity contribution in [2.75, 3.05) is 0 Å². The van der Waals surface area contributed by atoms with Crippen LogP contribution in [0.25, 0.3) is 17.0 Å². The number of hydrogen-bond acceptors (Lipinski definition) is 3. The van der Waals surface area contributed by atoms with Crippen molar-refractivity contribution < 1.29 is 22.7 Å². The molecule has 128 valence electrons. The van der Waals surface area contributed by atoms with Crippen molar-refractivity contribution >= 4 is 33.0 Å². The lowest BCUT2D eigenvalue weighted by molar-refractivity contribution is -0.131. The third-order valence-electron chi connectivity index (χ3n) is 3.75. The molecule has 0 aliphatic heterocycles. The average Bonchev–Trinajstić information content (AvgIpc) is 2.92. The lowest BCUT2D eigenvalue weighted by Gasteiger charge is -2.07. The normalized spacial score (nSPS) is 12.1. The Balaban J connectivity index is 2.25. The molecule has 0 fully saturated rings. The van der Waals surface area contributed by atoms with Gasteiger partial charge in [-0.2, -0.15) is 0 Å². The molecule has 0 aliphatic carbocycles. The third kappa shape index (κ3) is 3.18. The molecule has 1 N–H and O–H groups in total. The van der Waals surface area contributed by atoms with Gasteiger partial charge in [0.1, 0.15) is 5.82 Å². The van der Waals surface area contributed by atoms with E-state index in [0.717, 1.165) is 21.7 Å². The van der Waals surface area contributed by atoms with Gasteiger partial charge < -0.3 is 5.11 Å². The maximum absolute atomic E-state index is 13.6. The highest BCUT2D eigenvalue weighted by molar-refractivity contribution is 7.90. The molecule has 7 heteroatoms. The van der Waals surface area contributed by atoms with Crippen LogP contribution in [0.4, 0.5) is 4.39 Å². The number of aromatic nitrogens is 1. The number of halogens is 1. The van der Waals surface area contributed by atoms with Crippen molar-refractivity contribution in [1.82, 2.24) is 3.97 Å². The van der Waals surface area contributed by atoms with Crippen molar-refractivity contribution in [3.8, 4) is 0 Å². The minimum Gasteiger partial charge on any atom is -0.478 e. The van der Waals surface area contributed by atoms with Gasteiger partial charge in [0, 0.05) is 23.2 Å². The lowest BCUT2D eigenvalue weighted by Crippen LogP contribution is -2.11. The number of carboxylic acid groups (broad SMARTS) is 1. The third-order valence-corrected chi connectivity index (χ3v) is 5.43. The molecule has 5 nitrogen and oxygen atoms in total. The highest BCUT2D eigenvalue weighted by Gasteiger charge is 2.21. The Labute approximate surface area is 143 Å². The van der Waals surface area contributed by atoms with E-state index in [-0.39, 0.29) is 10.4 Å². The van der Waals surface area contributed by atoms with Gasteiger partial charge in [-0.25, -0.2) is 21.6 Å². The summed E-state index contributed by atoms with van der Waals surface area (Å²) in [7, 11) is -3.90. The van der Waals surface area contributed by atoms with Crippen LogP contribution in [-0.4, -0.2) is 23.5 Å². The minimum absolute atomic E-state index is 0.0908. The van der Waals surface area contributed by atoms with Crippen LogP contribution < -0.4 is 0 Å². The van der Waals surface area contributed by atoms with Crippen molar-refractivity contribution in [1.29, 1.82) is 0 Å². The van der Waals surface area contributed by atoms with Crippen LogP contribution in [0.5, 0.6) is 0 Å². The molecule has 1 heterocycles. The number of benzene rings is 2. The summed E-state index contributed by atoms with van der Waals surface area (Å²) in [6.07, 6.45) is 3.41. The molecule has 25 heavy (non-hydrogen) atoms. The Bertz CT molecular complexity index is 1100. The van der Waals surface area contributed by atoms with Crippen LogP contribution >= 0.6 is 0 Å². The van der Waals surface area contributed by atoms with E-state index in [9.17, 15) is 17.6 Å². The van der Waals surface area contributed by atoms with Gasteiger partial charge in [-0.3, -0.25) is 0 Å². The van der Waals surface area contributed by atoms with Gasteiger partial charge in [0.2, 0.25) is 0 Å². The van der Waals surface area contributed by atoms with Gasteiger partial charge in [-0.1, -0.05) is 17.7 Å². The van der Waals surface area contributed by atoms with Gasteiger partial charge in [0.25, 0.3) is 10.0 Å². The summed E-state index contributed by atoms with van der Waals surface area (Å²) in [4.78, 5) is 10.8. The first-order valence-electron chi connectivity index (χ1n) is 7.33. The van der Waals surface area contributed by atoms with Crippen molar-refractivity contribution in [2.45, 2.75) is 11.8 Å². The van der Waals surface area contributed by atoms with Gasteiger partial charge in [0.05, 0.1) is 10.4 Å². The Morgan fingerprint density at radius 3 is 2.48 bits per heavy atom. The van der Waals surface area contributed by atoms with E-state index < -0.39 is 21.8 Å². The standard InChI is InChI=1S/C18H14FNO4S/c1-12-2-6-15(7-3-12)25(23,24)20-11-13(4-9-18(21)22)16-10-14(19)5-8-17(16)20/h2-11H,1H3,(H,21,22)/b9-4+. The van der Waals surface area contributed by atoms with Gasteiger partial charge in [0.15, 0.2) is 0 Å². The van der Waals surface area contributed by atoms with Crippen LogP contribution in [0.2, 0.25) is 0 Å². The zero-order chi connectivity index (χ0) is 18.2. The highest BCUT2D eigenvalue weighted by Crippen LogP contribution is 2.27. The fraction of sp³-hybridized carbons (Fsp3) is 0.0556. The number of aliphatic carboxylic acids is 1. The molecule has 0 saturated heterocycles. The smallest absolute Gasteiger partial charge is 0.328 e. The molecular weight excluding hydrogens is 345 g/mol. The number of rotatable bonds is 4. The number of fused-ring (bicyclic) bond motifs is 1. The molecule has 0 atom stereocenters.